The predicted molar refractivity (Wildman–Crippen MR) is 83.3 cm³/mol. The van der Waals surface area contributed by atoms with Crippen LogP contribution < -0.4 is 5.73 Å². The summed E-state index contributed by atoms with van der Waals surface area (Å²) < 4.78 is 24.5. The number of aliphatic hydroxyl groups excluding tert-OH is 1. The monoisotopic (exact) mass is 313 g/mol. The van der Waals surface area contributed by atoms with Crippen molar-refractivity contribution in [3.63, 3.8) is 0 Å². The Morgan fingerprint density at radius 1 is 1.24 bits per heavy atom. The number of hydrogen-bond donors (Lipinski definition) is 3. The van der Waals surface area contributed by atoms with Crippen molar-refractivity contribution < 1.29 is 13.5 Å². The van der Waals surface area contributed by atoms with E-state index in [2.05, 4.69) is 0 Å². The highest BCUT2D eigenvalue weighted by Crippen LogP contribution is 2.12. The molecular formula is C14H23N3O3S. The van der Waals surface area contributed by atoms with E-state index in [1.807, 2.05) is 11.8 Å². The van der Waals surface area contributed by atoms with Gasteiger partial charge >= 0.3 is 0 Å². The molecule has 4 N–H and O–H groups in total. The molecule has 1 aromatic rings. The van der Waals surface area contributed by atoms with Gasteiger partial charge in [-0.3, -0.25) is 5.41 Å². The van der Waals surface area contributed by atoms with Crippen LogP contribution in [0.1, 0.15) is 18.9 Å². The lowest BCUT2D eigenvalue weighted by molar-refractivity contribution is 0.203. The molecule has 0 aliphatic rings. The summed E-state index contributed by atoms with van der Waals surface area (Å²) in [7, 11) is -3.37. The maximum atomic E-state index is 12.3. The van der Waals surface area contributed by atoms with Gasteiger partial charge < -0.3 is 15.7 Å². The molecule has 1 rings (SSSR count). The minimum absolute atomic E-state index is 0.00637. The zero-order valence-electron chi connectivity index (χ0n) is 12.2. The van der Waals surface area contributed by atoms with Gasteiger partial charge in [-0.1, -0.05) is 19.1 Å². The molecule has 7 heteroatoms. The molecule has 0 heterocycles. The standard InChI is InChI=1S/C14H23N3O3S/c1-2-7-17(8-10-18)9-11-21(19,20)13-5-3-12(4-6-13)14(15)16/h3-6,18H,2,7-11H2,1H3,(H3,15,16). The molecule has 0 saturated heterocycles. The van der Waals surface area contributed by atoms with Gasteiger partial charge in [0, 0.05) is 18.7 Å². The Hall–Kier alpha value is -1.44. The predicted octanol–water partition coefficient (Wildman–Crippen LogP) is 0.449. The number of aliphatic hydroxyl groups is 1. The minimum Gasteiger partial charge on any atom is -0.395 e. The molecule has 0 bridgehead atoms. The first kappa shape index (κ1) is 17.6. The van der Waals surface area contributed by atoms with Gasteiger partial charge in [-0.05, 0) is 25.1 Å². The minimum atomic E-state index is -3.37. The average Bonchev–Trinajstić information content (AvgIpc) is 2.45. The number of hydrogen-bond acceptors (Lipinski definition) is 5. The number of amidine groups is 1. The van der Waals surface area contributed by atoms with Crippen molar-refractivity contribution in [3.05, 3.63) is 29.8 Å². The third-order valence-corrected chi connectivity index (χ3v) is 4.87. The lowest BCUT2D eigenvalue weighted by atomic mass is 10.2. The van der Waals surface area contributed by atoms with Gasteiger partial charge in [0.25, 0.3) is 0 Å². The van der Waals surface area contributed by atoms with E-state index < -0.39 is 9.84 Å². The van der Waals surface area contributed by atoms with Gasteiger partial charge in [-0.2, -0.15) is 0 Å². The molecule has 0 saturated carbocycles. The van der Waals surface area contributed by atoms with Gasteiger partial charge in [0.15, 0.2) is 9.84 Å². The Kier molecular flexibility index (Phi) is 6.80. The highest BCUT2D eigenvalue weighted by molar-refractivity contribution is 7.91. The van der Waals surface area contributed by atoms with E-state index in [4.69, 9.17) is 16.2 Å². The summed E-state index contributed by atoms with van der Waals surface area (Å²) >= 11 is 0. The molecular weight excluding hydrogens is 290 g/mol. The first-order chi connectivity index (χ1) is 9.90. The largest absolute Gasteiger partial charge is 0.395 e. The lowest BCUT2D eigenvalue weighted by Crippen LogP contribution is -2.32. The van der Waals surface area contributed by atoms with Gasteiger partial charge in [0.05, 0.1) is 17.3 Å². The van der Waals surface area contributed by atoms with Crippen LogP contribution in [0.15, 0.2) is 29.2 Å². The molecule has 6 nitrogen and oxygen atoms in total. The lowest BCUT2D eigenvalue weighted by Gasteiger charge is -2.20. The van der Waals surface area contributed by atoms with E-state index in [0.29, 0.717) is 18.7 Å². The van der Waals surface area contributed by atoms with Crippen molar-refractivity contribution >= 4 is 15.7 Å². The molecule has 0 atom stereocenters. The number of nitrogens with two attached hydrogens (primary N) is 1. The third-order valence-electron chi connectivity index (χ3n) is 3.16. The highest BCUT2D eigenvalue weighted by Gasteiger charge is 2.16. The number of nitrogens with zero attached hydrogens (tertiary/aromatic N) is 1. The summed E-state index contributed by atoms with van der Waals surface area (Å²) in [6.07, 6.45) is 0.910. The highest BCUT2D eigenvalue weighted by atomic mass is 32.2. The Balaban J connectivity index is 2.74. The fraction of sp³-hybridized carbons (Fsp3) is 0.500. The van der Waals surface area contributed by atoms with Gasteiger partial charge in [-0.25, -0.2) is 8.42 Å². The van der Waals surface area contributed by atoms with Crippen LogP contribution in [0, 0.1) is 5.41 Å². The van der Waals surface area contributed by atoms with Crippen LogP contribution in [-0.4, -0.2) is 56.3 Å². The summed E-state index contributed by atoms with van der Waals surface area (Å²) in [5.41, 5.74) is 5.84. The molecule has 0 fully saturated rings. The molecule has 0 aromatic heterocycles. The zero-order valence-corrected chi connectivity index (χ0v) is 13.1. The van der Waals surface area contributed by atoms with Crippen LogP contribution in [0.2, 0.25) is 0 Å². The Bertz CT molecular complexity index is 549. The van der Waals surface area contributed by atoms with Gasteiger partial charge in [0.1, 0.15) is 5.84 Å². The Morgan fingerprint density at radius 2 is 1.86 bits per heavy atom. The van der Waals surface area contributed by atoms with Crippen LogP contribution in [-0.2, 0) is 9.84 Å². The van der Waals surface area contributed by atoms with E-state index in [1.54, 1.807) is 0 Å². The summed E-state index contributed by atoms with van der Waals surface area (Å²) in [5.74, 6) is -0.0807. The number of nitrogen functional groups attached to an aromatic ring is 1. The first-order valence-corrected chi connectivity index (χ1v) is 8.56. The summed E-state index contributed by atoms with van der Waals surface area (Å²) in [4.78, 5) is 2.16. The molecule has 0 amide bonds. The van der Waals surface area contributed by atoms with Crippen LogP contribution >= 0.6 is 0 Å². The molecule has 0 aliphatic heterocycles. The molecule has 118 valence electrons. The second-order valence-electron chi connectivity index (χ2n) is 4.82. The van der Waals surface area contributed by atoms with E-state index in [0.717, 1.165) is 13.0 Å². The molecule has 0 unspecified atom stereocenters. The Morgan fingerprint density at radius 3 is 2.33 bits per heavy atom. The van der Waals surface area contributed by atoms with Crippen molar-refractivity contribution in [2.45, 2.75) is 18.2 Å². The van der Waals surface area contributed by atoms with Crippen molar-refractivity contribution in [3.8, 4) is 0 Å². The smallest absolute Gasteiger partial charge is 0.179 e. The molecule has 0 radical (unpaired) electrons. The number of rotatable bonds is 9. The third kappa shape index (κ3) is 5.45. The fourth-order valence-corrected chi connectivity index (χ4v) is 3.29. The van der Waals surface area contributed by atoms with E-state index >= 15 is 0 Å². The van der Waals surface area contributed by atoms with Gasteiger partial charge in [-0.15, -0.1) is 0 Å². The summed E-state index contributed by atoms with van der Waals surface area (Å²) in [6, 6.07) is 6.02. The van der Waals surface area contributed by atoms with Crippen molar-refractivity contribution in [1.29, 1.82) is 5.41 Å². The fourth-order valence-electron chi connectivity index (χ4n) is 2.00. The van der Waals surface area contributed by atoms with Crippen LogP contribution in [0.4, 0.5) is 0 Å². The molecule has 0 aliphatic carbocycles. The summed E-state index contributed by atoms with van der Waals surface area (Å²) in [5, 5.41) is 16.3. The van der Waals surface area contributed by atoms with Crippen LogP contribution in [0.5, 0.6) is 0 Å². The van der Waals surface area contributed by atoms with Crippen molar-refractivity contribution in [2.24, 2.45) is 5.73 Å². The molecule has 0 spiro atoms. The molecule has 1 aromatic carbocycles. The number of nitrogens with one attached hydrogen (secondary N) is 1. The maximum Gasteiger partial charge on any atom is 0.179 e. The quantitative estimate of drug-likeness (QED) is 0.453. The number of sulfone groups is 1. The van der Waals surface area contributed by atoms with E-state index in [1.165, 1.54) is 24.3 Å². The molecule has 21 heavy (non-hydrogen) atoms. The SMILES string of the molecule is CCCN(CCO)CCS(=O)(=O)c1ccc(C(=N)N)cc1. The summed E-state index contributed by atoms with van der Waals surface area (Å²) in [6.45, 7) is 3.67. The van der Waals surface area contributed by atoms with Gasteiger partial charge in [0.2, 0.25) is 0 Å². The second kappa shape index (κ2) is 8.11. The average molecular weight is 313 g/mol. The van der Waals surface area contributed by atoms with Crippen molar-refractivity contribution in [1.82, 2.24) is 4.90 Å². The first-order valence-electron chi connectivity index (χ1n) is 6.91. The normalized spacial score (nSPS) is 11.8. The second-order valence-corrected chi connectivity index (χ2v) is 6.93. The van der Waals surface area contributed by atoms with E-state index in [-0.39, 0.29) is 23.1 Å². The van der Waals surface area contributed by atoms with Crippen LogP contribution in [0.3, 0.4) is 0 Å². The van der Waals surface area contributed by atoms with E-state index in [9.17, 15) is 8.42 Å². The topological polar surface area (TPSA) is 107 Å². The Labute approximate surface area is 126 Å². The van der Waals surface area contributed by atoms with Crippen LogP contribution in [0.25, 0.3) is 0 Å². The number of benzene rings is 1. The zero-order chi connectivity index (χ0) is 15.9. The van der Waals surface area contributed by atoms with Crippen molar-refractivity contribution in [2.75, 3.05) is 32.0 Å². The maximum absolute atomic E-state index is 12.3.